The summed E-state index contributed by atoms with van der Waals surface area (Å²) in [5.74, 6) is -2.84. The first-order chi connectivity index (χ1) is 17.7. The van der Waals surface area contributed by atoms with Gasteiger partial charge in [-0.3, -0.25) is 14.4 Å². The van der Waals surface area contributed by atoms with E-state index in [0.29, 0.717) is 19.6 Å². The summed E-state index contributed by atoms with van der Waals surface area (Å²) in [6.45, 7) is 10.4. The highest BCUT2D eigenvalue weighted by molar-refractivity contribution is 5.99. The number of likely N-dealkylation sites (tertiary alicyclic amines) is 1. The molecule has 37 heavy (non-hydrogen) atoms. The fourth-order valence-electron chi connectivity index (χ4n) is 6.94. The zero-order valence-corrected chi connectivity index (χ0v) is 23.0. The summed E-state index contributed by atoms with van der Waals surface area (Å²) in [7, 11) is 0. The van der Waals surface area contributed by atoms with E-state index in [0.717, 1.165) is 32.1 Å². The van der Waals surface area contributed by atoms with Crippen molar-refractivity contribution in [1.82, 2.24) is 9.80 Å². The van der Waals surface area contributed by atoms with E-state index in [2.05, 4.69) is 6.92 Å². The lowest BCUT2D eigenvalue weighted by atomic mass is 9.73. The predicted molar refractivity (Wildman–Crippen MR) is 139 cm³/mol. The van der Waals surface area contributed by atoms with E-state index in [1.165, 1.54) is 0 Å². The highest BCUT2D eigenvalue weighted by Gasteiger charge is 2.76. The van der Waals surface area contributed by atoms with Gasteiger partial charge in [-0.05, 0) is 44.9 Å². The Bertz CT molecular complexity index is 947. The number of cyclic esters (lactones) is 1. The molecule has 0 radical (unpaired) electrons. The molecule has 0 aromatic carbocycles. The van der Waals surface area contributed by atoms with Crippen molar-refractivity contribution in [1.29, 1.82) is 0 Å². The van der Waals surface area contributed by atoms with Gasteiger partial charge in [-0.2, -0.15) is 0 Å². The zero-order valence-electron chi connectivity index (χ0n) is 23.0. The van der Waals surface area contributed by atoms with Gasteiger partial charge in [0.25, 0.3) is 0 Å². The van der Waals surface area contributed by atoms with Gasteiger partial charge in [-0.15, -0.1) is 0 Å². The molecule has 8 heteroatoms. The molecule has 4 rings (SSSR count). The molecule has 0 bridgehead atoms. The van der Waals surface area contributed by atoms with Gasteiger partial charge in [0.05, 0.1) is 25.2 Å². The Balaban J connectivity index is 1.92. The number of carbonyl (C=O) groups is 3. The zero-order chi connectivity index (χ0) is 27.0. The number of hydrogen-bond acceptors (Lipinski definition) is 6. The molecule has 206 valence electrons. The number of aliphatic hydroxyl groups excluding tert-OH is 1. The summed E-state index contributed by atoms with van der Waals surface area (Å²) in [5.41, 5.74) is -2.38. The highest BCUT2D eigenvalue weighted by Crippen LogP contribution is 2.58. The number of nitrogens with zero attached hydrogens (tertiary/aromatic N) is 2. The molecule has 8 nitrogen and oxygen atoms in total. The van der Waals surface area contributed by atoms with E-state index < -0.39 is 41.1 Å². The summed E-state index contributed by atoms with van der Waals surface area (Å²) in [6.07, 6.45) is 12.5. The minimum Gasteiger partial charge on any atom is -0.465 e. The van der Waals surface area contributed by atoms with Crippen LogP contribution >= 0.6 is 0 Å². The maximum absolute atomic E-state index is 14.4. The van der Waals surface area contributed by atoms with Crippen LogP contribution in [0.3, 0.4) is 0 Å². The highest BCUT2D eigenvalue weighted by atomic mass is 16.6. The van der Waals surface area contributed by atoms with E-state index in [4.69, 9.17) is 9.47 Å². The van der Waals surface area contributed by atoms with Crippen LogP contribution in [-0.2, 0) is 23.9 Å². The average Bonchev–Trinajstić information content (AvgIpc) is 3.21. The smallest absolute Gasteiger partial charge is 0.313 e. The fraction of sp³-hybridized carbons (Fsp3) is 0.759. The van der Waals surface area contributed by atoms with Gasteiger partial charge in [-0.1, -0.05) is 58.4 Å². The Morgan fingerprint density at radius 2 is 1.81 bits per heavy atom. The first-order valence-electron chi connectivity index (χ1n) is 14.1. The van der Waals surface area contributed by atoms with Crippen molar-refractivity contribution in [2.45, 2.75) is 102 Å². The molecule has 4 heterocycles. The Kier molecular flexibility index (Phi) is 8.19. The van der Waals surface area contributed by atoms with Crippen LogP contribution in [0.4, 0.5) is 0 Å². The largest absolute Gasteiger partial charge is 0.465 e. The van der Waals surface area contributed by atoms with Gasteiger partial charge in [0.15, 0.2) is 0 Å². The van der Waals surface area contributed by atoms with Crippen molar-refractivity contribution in [2.24, 2.45) is 17.8 Å². The van der Waals surface area contributed by atoms with Gasteiger partial charge >= 0.3 is 5.97 Å². The standard InChI is InChI=1S/C29H44N2O6/c1-6-13-20(5)30-16-12-15-29-22(25(33)31(24(29)26(30)34)21(18-32)19(3)4)23-27(35)36-17-11-9-8-10-14-28(23,7-2)37-29/h10,12,14-15,19-24,32H,6-9,11,13,16-18H2,1-5H3/b14-10-/t20?,21-,22-,23+,24?,28-,29-/m0/s1. The van der Waals surface area contributed by atoms with Crippen LogP contribution in [0.25, 0.3) is 0 Å². The van der Waals surface area contributed by atoms with E-state index >= 15 is 0 Å². The van der Waals surface area contributed by atoms with E-state index in [1.807, 2.05) is 56.9 Å². The maximum atomic E-state index is 14.4. The lowest BCUT2D eigenvalue weighted by Crippen LogP contribution is -2.60. The van der Waals surface area contributed by atoms with Crippen LogP contribution in [-0.4, -0.2) is 81.8 Å². The number of ether oxygens (including phenoxy) is 2. The number of amides is 2. The molecular weight excluding hydrogens is 472 g/mol. The Morgan fingerprint density at radius 3 is 2.46 bits per heavy atom. The van der Waals surface area contributed by atoms with Crippen molar-refractivity contribution in [3.05, 3.63) is 24.3 Å². The topological polar surface area (TPSA) is 96.4 Å². The molecule has 2 fully saturated rings. The number of rotatable bonds is 7. The normalized spacial score (nSPS) is 36.5. The Hall–Kier alpha value is -2.19. The number of hydrogen-bond donors (Lipinski definition) is 1. The van der Waals surface area contributed by atoms with Gasteiger partial charge in [-0.25, -0.2) is 0 Å². The van der Waals surface area contributed by atoms with Crippen LogP contribution in [0.1, 0.15) is 73.1 Å². The molecule has 2 unspecified atom stereocenters. The van der Waals surface area contributed by atoms with Crippen molar-refractivity contribution >= 4 is 17.8 Å². The van der Waals surface area contributed by atoms with Gasteiger partial charge < -0.3 is 24.4 Å². The van der Waals surface area contributed by atoms with Gasteiger partial charge in [0.2, 0.25) is 11.8 Å². The van der Waals surface area contributed by atoms with Crippen molar-refractivity contribution in [3.8, 4) is 0 Å². The molecule has 4 aliphatic rings. The van der Waals surface area contributed by atoms with Gasteiger partial charge in [0, 0.05) is 12.6 Å². The molecule has 0 aromatic heterocycles. The molecule has 1 N–H and O–H groups in total. The number of allylic oxidation sites excluding steroid dienone is 1. The minimum absolute atomic E-state index is 0.0213. The van der Waals surface area contributed by atoms with Crippen LogP contribution in [0.5, 0.6) is 0 Å². The van der Waals surface area contributed by atoms with Crippen LogP contribution < -0.4 is 0 Å². The van der Waals surface area contributed by atoms with E-state index in [-0.39, 0.29) is 30.4 Å². The van der Waals surface area contributed by atoms with Crippen LogP contribution in [0, 0.1) is 17.8 Å². The second-order valence-corrected chi connectivity index (χ2v) is 11.5. The van der Waals surface area contributed by atoms with E-state index in [1.54, 1.807) is 4.90 Å². The third-order valence-corrected chi connectivity index (χ3v) is 8.90. The summed E-state index contributed by atoms with van der Waals surface area (Å²) < 4.78 is 12.7. The maximum Gasteiger partial charge on any atom is 0.313 e. The summed E-state index contributed by atoms with van der Waals surface area (Å²) in [5, 5.41) is 10.4. The molecule has 1 spiro atoms. The quantitative estimate of drug-likeness (QED) is 0.412. The SMILES string of the molecule is CCCC(C)N1CC=C[C@]23O[C@@]4(CC)/C=C\CCCCOC(=O)[C@H]4[C@H]2C(=O)N([C@@H](CO)C(C)C)C3C1=O. The van der Waals surface area contributed by atoms with E-state index in [9.17, 15) is 19.5 Å². The average molecular weight is 517 g/mol. The molecular formula is C29H44N2O6. The molecule has 7 atom stereocenters. The fourth-order valence-corrected chi connectivity index (χ4v) is 6.94. The number of esters is 1. The lowest BCUT2D eigenvalue weighted by Gasteiger charge is -2.42. The van der Waals surface area contributed by atoms with Gasteiger partial charge in [0.1, 0.15) is 23.2 Å². The lowest BCUT2D eigenvalue weighted by molar-refractivity contribution is -0.164. The number of carbonyl (C=O) groups excluding carboxylic acids is 3. The second-order valence-electron chi connectivity index (χ2n) is 11.5. The van der Waals surface area contributed by atoms with Crippen molar-refractivity contribution in [2.75, 3.05) is 19.8 Å². The molecule has 0 aliphatic carbocycles. The van der Waals surface area contributed by atoms with Crippen LogP contribution in [0.15, 0.2) is 24.3 Å². The van der Waals surface area contributed by atoms with Crippen molar-refractivity contribution < 1.29 is 29.0 Å². The third kappa shape index (κ3) is 4.44. The monoisotopic (exact) mass is 516 g/mol. The molecule has 4 aliphatic heterocycles. The molecule has 0 saturated carbocycles. The third-order valence-electron chi connectivity index (χ3n) is 8.90. The molecule has 0 aromatic rings. The Morgan fingerprint density at radius 1 is 1.05 bits per heavy atom. The predicted octanol–water partition coefficient (Wildman–Crippen LogP) is 3.23. The molecule has 2 amide bonds. The minimum atomic E-state index is -1.32. The summed E-state index contributed by atoms with van der Waals surface area (Å²) in [4.78, 5) is 45.9. The second kappa shape index (κ2) is 10.9. The first-order valence-corrected chi connectivity index (χ1v) is 14.1. The number of fused-ring (bicyclic) bond motifs is 2. The number of aliphatic hydroxyl groups is 1. The summed E-state index contributed by atoms with van der Waals surface area (Å²) >= 11 is 0. The summed E-state index contributed by atoms with van der Waals surface area (Å²) in [6, 6.07) is -1.57. The Labute approximate surface area is 221 Å². The van der Waals surface area contributed by atoms with Crippen LogP contribution in [0.2, 0.25) is 0 Å². The first kappa shape index (κ1) is 27.8. The van der Waals surface area contributed by atoms with Crippen molar-refractivity contribution in [3.63, 3.8) is 0 Å². The molecule has 2 saturated heterocycles.